The number of aromatic nitrogens is 1. The number of hydrogen-bond donors (Lipinski definition) is 3. The van der Waals surface area contributed by atoms with E-state index in [0.717, 1.165) is 0 Å². The molecule has 0 bridgehead atoms. The summed E-state index contributed by atoms with van der Waals surface area (Å²) in [5.74, 6) is -1.68. The van der Waals surface area contributed by atoms with Crippen LogP contribution in [0.25, 0.3) is 0 Å². The number of nitrogens with zero attached hydrogens (tertiary/aromatic N) is 1. The Morgan fingerprint density at radius 1 is 1.25 bits per heavy atom. The molecule has 0 fully saturated rings. The van der Waals surface area contributed by atoms with Crippen LogP contribution in [-0.2, 0) is 6.54 Å². The minimum absolute atomic E-state index is 0.120. The van der Waals surface area contributed by atoms with E-state index in [-0.39, 0.29) is 23.4 Å². The standard InChI is InChI=1S/C14H12N2O4/c17-12-8-15-5-4-11(12)13(18)16-7-9-2-1-3-10(6-9)14(19)20/h1-6,8,17H,7H2,(H,16,18)(H,19,20). The lowest BCUT2D eigenvalue weighted by atomic mass is 10.1. The first kappa shape index (κ1) is 13.5. The molecular weight excluding hydrogens is 260 g/mol. The van der Waals surface area contributed by atoms with Crippen molar-refractivity contribution in [1.82, 2.24) is 10.3 Å². The van der Waals surface area contributed by atoms with E-state index in [9.17, 15) is 14.7 Å². The fourth-order valence-corrected chi connectivity index (χ4v) is 1.67. The Labute approximate surface area is 114 Å². The molecule has 1 heterocycles. The average Bonchev–Trinajstić information content (AvgIpc) is 2.45. The largest absolute Gasteiger partial charge is 0.505 e. The van der Waals surface area contributed by atoms with Gasteiger partial charge >= 0.3 is 5.97 Å². The van der Waals surface area contributed by atoms with Gasteiger partial charge in [0.1, 0.15) is 5.75 Å². The molecule has 1 amide bonds. The number of carbonyl (C=O) groups excluding carboxylic acids is 1. The molecule has 1 aromatic carbocycles. The molecule has 0 spiro atoms. The van der Waals surface area contributed by atoms with E-state index in [1.807, 2.05) is 0 Å². The number of carboxylic acid groups (broad SMARTS) is 1. The molecule has 6 heteroatoms. The minimum Gasteiger partial charge on any atom is -0.505 e. The zero-order valence-electron chi connectivity index (χ0n) is 10.4. The molecule has 2 rings (SSSR count). The lowest BCUT2D eigenvalue weighted by molar-refractivity contribution is 0.0696. The Morgan fingerprint density at radius 3 is 2.75 bits per heavy atom. The van der Waals surface area contributed by atoms with E-state index in [0.29, 0.717) is 5.56 Å². The van der Waals surface area contributed by atoms with Crippen molar-refractivity contribution in [3.63, 3.8) is 0 Å². The normalized spacial score (nSPS) is 10.0. The number of benzene rings is 1. The van der Waals surface area contributed by atoms with Gasteiger partial charge in [0.25, 0.3) is 5.91 Å². The van der Waals surface area contributed by atoms with Crippen LogP contribution in [0, 0.1) is 0 Å². The average molecular weight is 272 g/mol. The fourth-order valence-electron chi connectivity index (χ4n) is 1.67. The van der Waals surface area contributed by atoms with Crippen LogP contribution >= 0.6 is 0 Å². The fraction of sp³-hybridized carbons (Fsp3) is 0.0714. The lowest BCUT2D eigenvalue weighted by Gasteiger charge is -2.07. The minimum atomic E-state index is -1.02. The van der Waals surface area contributed by atoms with Gasteiger partial charge in [-0.2, -0.15) is 0 Å². The molecule has 20 heavy (non-hydrogen) atoms. The number of aromatic carboxylic acids is 1. The van der Waals surface area contributed by atoms with Crippen LogP contribution in [0.4, 0.5) is 0 Å². The quantitative estimate of drug-likeness (QED) is 0.781. The maximum Gasteiger partial charge on any atom is 0.335 e. The van der Waals surface area contributed by atoms with Gasteiger partial charge in [-0.3, -0.25) is 9.78 Å². The van der Waals surface area contributed by atoms with Crippen LogP contribution in [0.3, 0.4) is 0 Å². The summed E-state index contributed by atoms with van der Waals surface area (Å²) in [6.45, 7) is 0.168. The van der Waals surface area contributed by atoms with E-state index in [2.05, 4.69) is 10.3 Å². The Balaban J connectivity index is 2.06. The first-order valence-electron chi connectivity index (χ1n) is 5.81. The molecule has 0 saturated carbocycles. The summed E-state index contributed by atoms with van der Waals surface area (Å²) < 4.78 is 0. The molecule has 2 aromatic rings. The number of aromatic hydroxyl groups is 1. The van der Waals surface area contributed by atoms with Crippen molar-refractivity contribution in [3.05, 3.63) is 59.4 Å². The molecule has 0 unspecified atom stereocenters. The van der Waals surface area contributed by atoms with Gasteiger partial charge in [-0.05, 0) is 23.8 Å². The van der Waals surface area contributed by atoms with E-state index < -0.39 is 11.9 Å². The predicted octanol–water partition coefficient (Wildman–Crippen LogP) is 1.42. The van der Waals surface area contributed by atoms with Crippen molar-refractivity contribution in [2.45, 2.75) is 6.54 Å². The van der Waals surface area contributed by atoms with Crippen LogP contribution in [0.1, 0.15) is 26.3 Å². The lowest BCUT2D eigenvalue weighted by Crippen LogP contribution is -2.23. The number of pyridine rings is 1. The maximum atomic E-state index is 11.8. The third-order valence-electron chi connectivity index (χ3n) is 2.67. The Kier molecular flexibility index (Phi) is 3.95. The molecule has 3 N–H and O–H groups in total. The Morgan fingerprint density at radius 2 is 2.05 bits per heavy atom. The van der Waals surface area contributed by atoms with Crippen molar-refractivity contribution in [1.29, 1.82) is 0 Å². The molecular formula is C14H12N2O4. The van der Waals surface area contributed by atoms with Gasteiger partial charge in [0.2, 0.25) is 0 Å². The third-order valence-corrected chi connectivity index (χ3v) is 2.67. The van der Waals surface area contributed by atoms with E-state index in [1.165, 1.54) is 30.6 Å². The number of carboxylic acids is 1. The second-order valence-electron chi connectivity index (χ2n) is 4.08. The smallest absolute Gasteiger partial charge is 0.335 e. The van der Waals surface area contributed by atoms with E-state index in [4.69, 9.17) is 5.11 Å². The van der Waals surface area contributed by atoms with Crippen LogP contribution in [0.15, 0.2) is 42.7 Å². The highest BCUT2D eigenvalue weighted by molar-refractivity contribution is 5.96. The van der Waals surface area contributed by atoms with Crippen LogP contribution < -0.4 is 5.32 Å². The highest BCUT2D eigenvalue weighted by Gasteiger charge is 2.10. The van der Waals surface area contributed by atoms with Crippen LogP contribution in [0.5, 0.6) is 5.75 Å². The molecule has 1 aromatic heterocycles. The van der Waals surface area contributed by atoms with Gasteiger partial charge in [-0.15, -0.1) is 0 Å². The first-order valence-corrected chi connectivity index (χ1v) is 5.81. The topological polar surface area (TPSA) is 99.5 Å². The summed E-state index contributed by atoms with van der Waals surface area (Å²) in [4.78, 5) is 26.4. The van der Waals surface area contributed by atoms with Crippen molar-refractivity contribution in [3.8, 4) is 5.75 Å². The van der Waals surface area contributed by atoms with E-state index in [1.54, 1.807) is 12.1 Å². The van der Waals surface area contributed by atoms with Crippen molar-refractivity contribution in [2.75, 3.05) is 0 Å². The van der Waals surface area contributed by atoms with Gasteiger partial charge in [0.05, 0.1) is 17.3 Å². The number of rotatable bonds is 4. The molecule has 102 valence electrons. The number of carbonyl (C=O) groups is 2. The Bertz CT molecular complexity index is 655. The highest BCUT2D eigenvalue weighted by atomic mass is 16.4. The number of amides is 1. The van der Waals surface area contributed by atoms with Gasteiger partial charge in [0.15, 0.2) is 0 Å². The number of nitrogens with one attached hydrogen (secondary N) is 1. The molecule has 0 aliphatic carbocycles. The molecule has 0 aliphatic heterocycles. The van der Waals surface area contributed by atoms with Gasteiger partial charge in [-0.25, -0.2) is 4.79 Å². The second-order valence-corrected chi connectivity index (χ2v) is 4.08. The zero-order chi connectivity index (χ0) is 14.5. The maximum absolute atomic E-state index is 11.8. The summed E-state index contributed by atoms with van der Waals surface area (Å²) >= 11 is 0. The third kappa shape index (κ3) is 3.11. The van der Waals surface area contributed by atoms with Gasteiger partial charge in [0, 0.05) is 12.7 Å². The van der Waals surface area contributed by atoms with Gasteiger partial charge in [-0.1, -0.05) is 12.1 Å². The van der Waals surface area contributed by atoms with Crippen LogP contribution in [0.2, 0.25) is 0 Å². The van der Waals surface area contributed by atoms with Crippen molar-refractivity contribution < 1.29 is 19.8 Å². The summed E-state index contributed by atoms with van der Waals surface area (Å²) in [5.41, 5.74) is 0.935. The molecule has 0 saturated heterocycles. The first-order chi connectivity index (χ1) is 9.58. The second kappa shape index (κ2) is 5.83. The summed E-state index contributed by atoms with van der Waals surface area (Å²) in [5, 5.41) is 21.0. The van der Waals surface area contributed by atoms with Crippen molar-refractivity contribution in [2.24, 2.45) is 0 Å². The zero-order valence-corrected chi connectivity index (χ0v) is 10.4. The molecule has 0 radical (unpaired) electrons. The molecule has 0 aliphatic rings. The van der Waals surface area contributed by atoms with E-state index >= 15 is 0 Å². The van der Waals surface area contributed by atoms with Crippen molar-refractivity contribution >= 4 is 11.9 Å². The number of hydrogen-bond acceptors (Lipinski definition) is 4. The highest BCUT2D eigenvalue weighted by Crippen LogP contribution is 2.13. The van der Waals surface area contributed by atoms with Crippen LogP contribution in [-0.4, -0.2) is 27.1 Å². The summed E-state index contributed by atoms with van der Waals surface area (Å²) in [7, 11) is 0. The van der Waals surface area contributed by atoms with Gasteiger partial charge < -0.3 is 15.5 Å². The molecule has 0 atom stereocenters. The molecule has 6 nitrogen and oxygen atoms in total. The SMILES string of the molecule is O=C(O)c1cccc(CNC(=O)c2ccncc2O)c1. The summed E-state index contributed by atoms with van der Waals surface area (Å²) in [6.07, 6.45) is 2.58. The summed E-state index contributed by atoms with van der Waals surface area (Å²) in [6, 6.07) is 7.67. The Hall–Kier alpha value is -2.89. The monoisotopic (exact) mass is 272 g/mol. The predicted molar refractivity (Wildman–Crippen MR) is 70.5 cm³/mol.